The minimum absolute atomic E-state index is 0.0461. The van der Waals surface area contributed by atoms with Gasteiger partial charge in [-0.25, -0.2) is 0 Å². The number of carbonyl (C=O) groups is 2. The van der Waals surface area contributed by atoms with Gasteiger partial charge in [0.15, 0.2) is 11.5 Å². The van der Waals surface area contributed by atoms with Crippen LogP contribution in [0.1, 0.15) is 24.8 Å². The molecule has 0 radical (unpaired) electrons. The van der Waals surface area contributed by atoms with Crippen molar-refractivity contribution in [2.75, 3.05) is 26.1 Å². The zero-order chi connectivity index (χ0) is 19.5. The average Bonchev–Trinajstić information content (AvgIpc) is 2.70. The Bertz CT molecular complexity index is 745. The van der Waals surface area contributed by atoms with Gasteiger partial charge in [0.1, 0.15) is 0 Å². The fourth-order valence-electron chi connectivity index (χ4n) is 2.53. The van der Waals surface area contributed by atoms with Crippen molar-refractivity contribution in [2.45, 2.75) is 25.7 Å². The van der Waals surface area contributed by atoms with Crippen molar-refractivity contribution in [1.82, 2.24) is 0 Å². The van der Waals surface area contributed by atoms with E-state index in [4.69, 9.17) is 14.2 Å². The highest BCUT2D eigenvalue weighted by atomic mass is 16.5. The van der Waals surface area contributed by atoms with Crippen LogP contribution in [0, 0.1) is 0 Å². The molecule has 0 fully saturated rings. The number of hydrogen-bond donors (Lipinski definition) is 1. The minimum atomic E-state index is -0.370. The van der Waals surface area contributed by atoms with E-state index < -0.39 is 0 Å². The Morgan fingerprint density at radius 2 is 1.67 bits per heavy atom. The van der Waals surface area contributed by atoms with Crippen molar-refractivity contribution in [3.05, 3.63) is 54.1 Å². The molecule has 0 saturated carbocycles. The Kier molecular flexibility index (Phi) is 8.16. The lowest BCUT2D eigenvalue weighted by molar-refractivity contribution is -0.144. The first-order chi connectivity index (χ1) is 13.1. The zero-order valence-corrected chi connectivity index (χ0v) is 15.7. The van der Waals surface area contributed by atoms with E-state index in [9.17, 15) is 9.59 Å². The molecule has 6 nitrogen and oxygen atoms in total. The van der Waals surface area contributed by atoms with Gasteiger partial charge in [-0.15, -0.1) is 0 Å². The quantitative estimate of drug-likeness (QED) is 0.510. The van der Waals surface area contributed by atoms with Gasteiger partial charge in [0.25, 0.3) is 0 Å². The molecule has 0 saturated heterocycles. The summed E-state index contributed by atoms with van der Waals surface area (Å²) in [5.74, 6) is 0.469. The maximum atomic E-state index is 12.0. The summed E-state index contributed by atoms with van der Waals surface area (Å²) in [4.78, 5) is 23.8. The fourth-order valence-corrected chi connectivity index (χ4v) is 2.53. The Hall–Kier alpha value is -3.02. The molecule has 0 heterocycles. The maximum absolute atomic E-state index is 12.0. The second-order valence-corrected chi connectivity index (χ2v) is 5.93. The van der Waals surface area contributed by atoms with Crippen LogP contribution in [0.5, 0.6) is 11.5 Å². The third kappa shape index (κ3) is 7.01. The van der Waals surface area contributed by atoms with Crippen molar-refractivity contribution < 1.29 is 23.8 Å². The standard InChI is InChI=1S/C21H25NO5/c1-25-18-11-10-17(15-19(18)26-2)22-20(23)12-13-21(24)27-14-6-9-16-7-4-3-5-8-16/h3-5,7-8,10-11,15H,6,9,12-14H2,1-2H3,(H,22,23). The lowest BCUT2D eigenvalue weighted by Crippen LogP contribution is -2.15. The number of amides is 1. The number of carbonyl (C=O) groups excluding carboxylic acids is 2. The number of esters is 1. The van der Waals surface area contributed by atoms with Crippen LogP contribution >= 0.6 is 0 Å². The van der Waals surface area contributed by atoms with Gasteiger partial charge in [0.2, 0.25) is 5.91 Å². The molecule has 0 spiro atoms. The maximum Gasteiger partial charge on any atom is 0.306 e. The van der Waals surface area contributed by atoms with E-state index in [1.54, 1.807) is 25.3 Å². The number of hydrogen-bond acceptors (Lipinski definition) is 5. The smallest absolute Gasteiger partial charge is 0.306 e. The van der Waals surface area contributed by atoms with Crippen LogP contribution < -0.4 is 14.8 Å². The fraction of sp³-hybridized carbons (Fsp3) is 0.333. The molecule has 27 heavy (non-hydrogen) atoms. The molecule has 1 N–H and O–H groups in total. The van der Waals surface area contributed by atoms with Gasteiger partial charge in [-0.3, -0.25) is 9.59 Å². The summed E-state index contributed by atoms with van der Waals surface area (Å²) in [7, 11) is 3.07. The summed E-state index contributed by atoms with van der Waals surface area (Å²) < 4.78 is 15.5. The number of rotatable bonds is 10. The molecule has 1 amide bonds. The summed E-state index contributed by atoms with van der Waals surface area (Å²) in [6.45, 7) is 0.352. The van der Waals surface area contributed by atoms with Crippen molar-refractivity contribution >= 4 is 17.6 Å². The van der Waals surface area contributed by atoms with Gasteiger partial charge in [-0.2, -0.15) is 0 Å². The number of aryl methyl sites for hydroxylation is 1. The van der Waals surface area contributed by atoms with E-state index >= 15 is 0 Å². The molecular weight excluding hydrogens is 346 g/mol. The predicted octanol–water partition coefficient (Wildman–Crippen LogP) is 3.60. The van der Waals surface area contributed by atoms with Crippen LogP contribution in [0.3, 0.4) is 0 Å². The summed E-state index contributed by atoms with van der Waals surface area (Å²) >= 11 is 0. The molecule has 0 aromatic heterocycles. The highest BCUT2D eigenvalue weighted by molar-refractivity contribution is 5.92. The summed E-state index contributed by atoms with van der Waals surface area (Å²) in [6, 6.07) is 15.1. The van der Waals surface area contributed by atoms with Crippen LogP contribution in [0.25, 0.3) is 0 Å². The van der Waals surface area contributed by atoms with Crippen LogP contribution in [-0.2, 0) is 20.7 Å². The third-order valence-corrected chi connectivity index (χ3v) is 3.94. The summed E-state index contributed by atoms with van der Waals surface area (Å²) in [5, 5.41) is 2.73. The van der Waals surface area contributed by atoms with Gasteiger partial charge in [0, 0.05) is 18.2 Å². The monoisotopic (exact) mass is 371 g/mol. The van der Waals surface area contributed by atoms with Crippen LogP contribution in [-0.4, -0.2) is 32.7 Å². The van der Waals surface area contributed by atoms with Gasteiger partial charge < -0.3 is 19.5 Å². The Labute approximate surface area is 159 Å². The molecule has 6 heteroatoms. The first kappa shape index (κ1) is 20.3. The zero-order valence-electron chi connectivity index (χ0n) is 15.7. The van der Waals surface area contributed by atoms with E-state index in [2.05, 4.69) is 5.32 Å². The number of anilines is 1. The first-order valence-electron chi connectivity index (χ1n) is 8.84. The van der Waals surface area contributed by atoms with Crippen molar-refractivity contribution in [3.8, 4) is 11.5 Å². The molecule has 2 rings (SSSR count). The highest BCUT2D eigenvalue weighted by Crippen LogP contribution is 2.29. The molecule has 0 aliphatic carbocycles. The number of nitrogens with one attached hydrogen (secondary N) is 1. The van der Waals surface area contributed by atoms with Gasteiger partial charge in [-0.1, -0.05) is 30.3 Å². The van der Waals surface area contributed by atoms with Crippen molar-refractivity contribution in [1.29, 1.82) is 0 Å². The second-order valence-electron chi connectivity index (χ2n) is 5.93. The highest BCUT2D eigenvalue weighted by Gasteiger charge is 2.10. The first-order valence-corrected chi connectivity index (χ1v) is 8.84. The molecule has 0 aliphatic heterocycles. The third-order valence-electron chi connectivity index (χ3n) is 3.94. The largest absolute Gasteiger partial charge is 0.493 e. The number of ether oxygens (including phenoxy) is 3. The van der Waals surface area contributed by atoms with Gasteiger partial charge in [-0.05, 0) is 30.5 Å². The van der Waals surface area contributed by atoms with E-state index in [1.807, 2.05) is 30.3 Å². The summed E-state index contributed by atoms with van der Waals surface area (Å²) in [5.41, 5.74) is 1.79. The Morgan fingerprint density at radius 1 is 0.926 bits per heavy atom. The van der Waals surface area contributed by atoms with Crippen molar-refractivity contribution in [3.63, 3.8) is 0 Å². The molecule has 0 bridgehead atoms. The molecular formula is C21H25NO5. The normalized spacial score (nSPS) is 10.1. The molecule has 2 aromatic carbocycles. The average molecular weight is 371 g/mol. The lowest BCUT2D eigenvalue weighted by Gasteiger charge is -2.10. The number of benzene rings is 2. The van der Waals surface area contributed by atoms with Crippen LogP contribution in [0.15, 0.2) is 48.5 Å². The lowest BCUT2D eigenvalue weighted by atomic mass is 10.1. The SMILES string of the molecule is COc1ccc(NC(=O)CCC(=O)OCCCc2ccccc2)cc1OC. The van der Waals surface area contributed by atoms with E-state index in [-0.39, 0.29) is 24.7 Å². The van der Waals surface area contributed by atoms with E-state index in [0.29, 0.717) is 23.8 Å². The topological polar surface area (TPSA) is 73.9 Å². The summed E-state index contributed by atoms with van der Waals surface area (Å²) in [6.07, 6.45) is 1.72. The van der Waals surface area contributed by atoms with E-state index in [1.165, 1.54) is 12.7 Å². The molecule has 0 aliphatic rings. The van der Waals surface area contributed by atoms with Gasteiger partial charge in [0.05, 0.1) is 27.2 Å². The minimum Gasteiger partial charge on any atom is -0.493 e. The van der Waals surface area contributed by atoms with Crippen molar-refractivity contribution in [2.24, 2.45) is 0 Å². The van der Waals surface area contributed by atoms with Crippen LogP contribution in [0.2, 0.25) is 0 Å². The Balaban J connectivity index is 1.66. The van der Waals surface area contributed by atoms with E-state index in [0.717, 1.165) is 12.8 Å². The second kappa shape index (κ2) is 10.9. The molecule has 144 valence electrons. The molecule has 0 unspecified atom stereocenters. The van der Waals surface area contributed by atoms with Gasteiger partial charge >= 0.3 is 5.97 Å². The Morgan fingerprint density at radius 3 is 2.37 bits per heavy atom. The molecule has 2 aromatic rings. The predicted molar refractivity (Wildman–Crippen MR) is 103 cm³/mol. The van der Waals surface area contributed by atoms with Crippen LogP contribution in [0.4, 0.5) is 5.69 Å². The molecule has 0 atom stereocenters. The number of methoxy groups -OCH3 is 2.